The molecule has 3 nitrogen and oxygen atoms in total. The first-order valence-electron chi connectivity index (χ1n) is 7.94. The van der Waals surface area contributed by atoms with Crippen LogP contribution in [0.2, 0.25) is 0 Å². The quantitative estimate of drug-likeness (QED) is 0.363. The van der Waals surface area contributed by atoms with Crippen molar-refractivity contribution in [1.82, 2.24) is 0 Å². The maximum absolute atomic E-state index is 5.93. The Balaban J connectivity index is 2.17. The summed E-state index contributed by atoms with van der Waals surface area (Å²) in [5.41, 5.74) is 1.61. The molecule has 3 unspecified atom stereocenters. The summed E-state index contributed by atoms with van der Waals surface area (Å²) in [7, 11) is 1.81. The molecule has 0 aromatic heterocycles. The Bertz CT molecular complexity index is 383. The molecule has 0 bridgehead atoms. The van der Waals surface area contributed by atoms with E-state index in [1.165, 1.54) is 5.57 Å². The number of rotatable bonds is 6. The van der Waals surface area contributed by atoms with Crippen molar-refractivity contribution >= 4 is 23.0 Å². The molecule has 0 N–H and O–H groups in total. The van der Waals surface area contributed by atoms with Crippen molar-refractivity contribution in [2.24, 2.45) is 11.3 Å². The number of halogens is 1. The topological polar surface area (TPSA) is 31.0 Å². The molecule has 2 fully saturated rings. The van der Waals surface area contributed by atoms with Crippen LogP contribution in [-0.4, -0.2) is 31.5 Å². The Morgan fingerprint density at radius 2 is 2.10 bits per heavy atom. The summed E-state index contributed by atoms with van der Waals surface area (Å²) in [4.78, 5) is 0. The molecule has 2 aliphatic rings. The van der Waals surface area contributed by atoms with Gasteiger partial charge in [0.05, 0.1) is 24.4 Å². The Morgan fingerprint density at radius 1 is 1.43 bits per heavy atom. The van der Waals surface area contributed by atoms with Gasteiger partial charge in [0.25, 0.3) is 0 Å². The van der Waals surface area contributed by atoms with Gasteiger partial charge in [-0.15, -0.1) is 0 Å². The first-order valence-corrected chi connectivity index (χ1v) is 8.82. The van der Waals surface area contributed by atoms with Crippen LogP contribution in [0.15, 0.2) is 11.6 Å². The third kappa shape index (κ3) is 3.82. The Hall–Kier alpha value is 0.350. The van der Waals surface area contributed by atoms with Gasteiger partial charge >= 0.3 is 0 Å². The van der Waals surface area contributed by atoms with Crippen LogP contribution in [0.5, 0.6) is 0 Å². The standard InChI is InChI=1S/C17H29IO3/c1-12(2)7-6-9-16(3,4)15-14(19-5)13(21-18)8-10-17(15)11-20-17/h7,13-15H,6,8-11H2,1-5H3/t13?,14?,15?,17-/m0/s1. The molecule has 0 amide bonds. The summed E-state index contributed by atoms with van der Waals surface area (Å²) in [6, 6.07) is 0. The molecule has 0 aromatic rings. The zero-order valence-corrected chi connectivity index (χ0v) is 16.1. The van der Waals surface area contributed by atoms with E-state index in [9.17, 15) is 0 Å². The number of allylic oxidation sites excluding steroid dienone is 2. The second kappa shape index (κ2) is 6.85. The minimum Gasteiger partial charge on any atom is -0.378 e. The molecule has 2 rings (SSSR count). The Kier molecular flexibility index (Phi) is 5.77. The van der Waals surface area contributed by atoms with Crippen molar-refractivity contribution in [3.05, 3.63) is 11.6 Å². The second-order valence-electron chi connectivity index (χ2n) is 7.51. The SMILES string of the molecule is COC1C(OI)CC[C@]2(CO2)C1C(C)(C)CCC=C(C)C. The predicted octanol–water partition coefficient (Wildman–Crippen LogP) is 4.69. The van der Waals surface area contributed by atoms with Gasteiger partial charge in [-0.1, -0.05) is 25.5 Å². The van der Waals surface area contributed by atoms with Crippen molar-refractivity contribution in [3.63, 3.8) is 0 Å². The highest BCUT2D eigenvalue weighted by atomic mass is 127. The predicted molar refractivity (Wildman–Crippen MR) is 93.5 cm³/mol. The maximum atomic E-state index is 5.93. The van der Waals surface area contributed by atoms with E-state index in [0.717, 1.165) is 32.3 Å². The van der Waals surface area contributed by atoms with Gasteiger partial charge in [0.15, 0.2) is 0 Å². The van der Waals surface area contributed by atoms with Gasteiger partial charge in [-0.25, -0.2) is 0 Å². The molecule has 1 aliphatic carbocycles. The third-order valence-electron chi connectivity index (χ3n) is 5.20. The monoisotopic (exact) mass is 408 g/mol. The Labute approximate surface area is 143 Å². The molecule has 122 valence electrons. The van der Waals surface area contributed by atoms with E-state index < -0.39 is 0 Å². The zero-order chi connectivity index (χ0) is 15.7. The van der Waals surface area contributed by atoms with Crippen LogP contribution >= 0.6 is 23.0 Å². The lowest BCUT2D eigenvalue weighted by Crippen LogP contribution is -2.54. The molecule has 4 heteroatoms. The number of epoxide rings is 1. The van der Waals surface area contributed by atoms with E-state index in [4.69, 9.17) is 12.5 Å². The third-order valence-corrected chi connectivity index (χ3v) is 5.85. The summed E-state index contributed by atoms with van der Waals surface area (Å²) in [6.45, 7) is 9.94. The van der Waals surface area contributed by atoms with E-state index >= 15 is 0 Å². The maximum Gasteiger partial charge on any atom is 0.110 e. The van der Waals surface area contributed by atoms with Crippen molar-refractivity contribution in [2.45, 2.75) is 71.2 Å². The smallest absolute Gasteiger partial charge is 0.110 e. The number of methoxy groups -OCH3 is 1. The fraction of sp³-hybridized carbons (Fsp3) is 0.882. The first-order chi connectivity index (χ1) is 9.86. The van der Waals surface area contributed by atoms with Crippen molar-refractivity contribution in [3.8, 4) is 0 Å². The molecular formula is C17H29IO3. The van der Waals surface area contributed by atoms with Crippen LogP contribution in [-0.2, 0) is 12.5 Å². The van der Waals surface area contributed by atoms with Crippen LogP contribution in [0.4, 0.5) is 0 Å². The van der Waals surface area contributed by atoms with E-state index in [2.05, 4.69) is 33.8 Å². The fourth-order valence-electron chi connectivity index (χ4n) is 4.07. The highest BCUT2D eigenvalue weighted by Gasteiger charge is 2.62. The minimum atomic E-state index is 0.0425. The molecule has 1 saturated heterocycles. The average molecular weight is 408 g/mol. The lowest BCUT2D eigenvalue weighted by atomic mass is 9.61. The molecule has 21 heavy (non-hydrogen) atoms. The number of hydrogen-bond donors (Lipinski definition) is 0. The van der Waals surface area contributed by atoms with Gasteiger partial charge in [-0.2, -0.15) is 0 Å². The second-order valence-corrected chi connectivity index (χ2v) is 8.01. The molecule has 1 aliphatic heterocycles. The lowest BCUT2D eigenvalue weighted by Gasteiger charge is -2.48. The van der Waals surface area contributed by atoms with Crippen molar-refractivity contribution in [1.29, 1.82) is 0 Å². The minimum absolute atomic E-state index is 0.0425. The van der Waals surface area contributed by atoms with Gasteiger partial charge in [0, 0.05) is 13.0 Å². The van der Waals surface area contributed by atoms with Crippen LogP contribution in [0, 0.1) is 11.3 Å². The van der Waals surface area contributed by atoms with Crippen LogP contribution in [0.1, 0.15) is 53.4 Å². The summed E-state index contributed by atoms with van der Waals surface area (Å²) in [5.74, 6) is 0.397. The zero-order valence-electron chi connectivity index (χ0n) is 13.9. The van der Waals surface area contributed by atoms with Gasteiger partial charge < -0.3 is 12.5 Å². The van der Waals surface area contributed by atoms with Gasteiger partial charge in [-0.05, 0) is 44.9 Å². The summed E-state index contributed by atoms with van der Waals surface area (Å²) < 4.78 is 17.5. The van der Waals surface area contributed by atoms with Crippen LogP contribution < -0.4 is 0 Å². The molecule has 4 atom stereocenters. The van der Waals surface area contributed by atoms with Gasteiger partial charge in [0.2, 0.25) is 0 Å². The largest absolute Gasteiger partial charge is 0.378 e. The summed E-state index contributed by atoms with van der Waals surface area (Å²) in [6.07, 6.45) is 7.03. The first kappa shape index (κ1) is 17.7. The molecular weight excluding hydrogens is 379 g/mol. The number of hydrogen-bond acceptors (Lipinski definition) is 3. The normalized spacial score (nSPS) is 35.8. The van der Waals surface area contributed by atoms with Gasteiger partial charge in [0.1, 0.15) is 23.0 Å². The van der Waals surface area contributed by atoms with E-state index in [-0.39, 0.29) is 23.2 Å². The summed E-state index contributed by atoms with van der Waals surface area (Å²) >= 11 is 2.02. The van der Waals surface area contributed by atoms with E-state index in [1.54, 1.807) is 0 Å². The fourth-order valence-corrected chi connectivity index (χ4v) is 4.61. The Morgan fingerprint density at radius 3 is 2.57 bits per heavy atom. The lowest BCUT2D eigenvalue weighted by molar-refractivity contribution is -0.115. The molecule has 0 aromatic carbocycles. The van der Waals surface area contributed by atoms with Crippen molar-refractivity contribution < 1.29 is 12.5 Å². The van der Waals surface area contributed by atoms with E-state index in [0.29, 0.717) is 5.92 Å². The van der Waals surface area contributed by atoms with Crippen LogP contribution in [0.25, 0.3) is 0 Å². The molecule has 1 heterocycles. The van der Waals surface area contributed by atoms with Crippen LogP contribution in [0.3, 0.4) is 0 Å². The molecule has 1 saturated carbocycles. The average Bonchev–Trinajstić information content (AvgIpc) is 3.17. The summed E-state index contributed by atoms with van der Waals surface area (Å²) in [5, 5.41) is 0. The van der Waals surface area contributed by atoms with Crippen molar-refractivity contribution in [2.75, 3.05) is 13.7 Å². The van der Waals surface area contributed by atoms with E-state index in [1.807, 2.05) is 30.1 Å². The molecule has 1 spiro atoms. The highest BCUT2D eigenvalue weighted by Crippen LogP contribution is 2.55. The highest BCUT2D eigenvalue weighted by molar-refractivity contribution is 14.1. The number of ether oxygens (including phenoxy) is 2. The molecule has 0 radical (unpaired) electrons. The van der Waals surface area contributed by atoms with Gasteiger partial charge in [-0.3, -0.25) is 0 Å².